The predicted molar refractivity (Wildman–Crippen MR) is 109 cm³/mol. The highest BCUT2D eigenvalue weighted by Gasteiger charge is 2.24. The van der Waals surface area contributed by atoms with Crippen LogP contribution in [0.5, 0.6) is 5.75 Å². The van der Waals surface area contributed by atoms with Gasteiger partial charge in [0, 0.05) is 24.2 Å². The maximum Gasteiger partial charge on any atom is 0.258 e. The zero-order chi connectivity index (χ0) is 20.4. The molecule has 2 N–H and O–H groups in total. The number of hydrogen-bond donors (Lipinski definition) is 2. The lowest BCUT2D eigenvalue weighted by atomic mass is 10.1. The number of ether oxygens (including phenoxy) is 1. The number of amides is 2. The van der Waals surface area contributed by atoms with Gasteiger partial charge in [-0.1, -0.05) is 19.1 Å². The highest BCUT2D eigenvalue weighted by atomic mass is 16.5. The molecule has 0 radical (unpaired) electrons. The Bertz CT molecular complexity index is 1080. The number of hydrogen-bond acceptors (Lipinski definition) is 5. The van der Waals surface area contributed by atoms with Gasteiger partial charge in [-0.3, -0.25) is 20.0 Å². The summed E-state index contributed by atoms with van der Waals surface area (Å²) in [6, 6.07) is 12.8. The van der Waals surface area contributed by atoms with Crippen LogP contribution in [0.15, 0.2) is 42.5 Å². The first-order valence-corrected chi connectivity index (χ1v) is 9.41. The number of methoxy groups -OCH3 is 1. The minimum atomic E-state index is -0.307. The van der Waals surface area contributed by atoms with E-state index < -0.39 is 0 Å². The smallest absolute Gasteiger partial charge is 0.258 e. The van der Waals surface area contributed by atoms with E-state index in [4.69, 9.17) is 4.74 Å². The molecule has 0 aliphatic carbocycles. The van der Waals surface area contributed by atoms with Crippen LogP contribution in [0.2, 0.25) is 0 Å². The van der Waals surface area contributed by atoms with Gasteiger partial charge in [0.1, 0.15) is 5.75 Å². The Hall–Kier alpha value is -3.68. The quantitative estimate of drug-likeness (QED) is 0.696. The average Bonchev–Trinajstić information content (AvgIpc) is 3.39. The number of nitrogens with zero attached hydrogens (tertiary/aromatic N) is 3. The van der Waals surface area contributed by atoms with Crippen LogP contribution in [0, 0.1) is 0 Å². The average molecular weight is 391 g/mol. The number of carbonyl (C=O) groups is 2. The molecule has 8 nitrogen and oxygen atoms in total. The molecule has 2 amide bonds. The van der Waals surface area contributed by atoms with Gasteiger partial charge in [-0.05, 0) is 42.3 Å². The van der Waals surface area contributed by atoms with Crippen molar-refractivity contribution in [3.8, 4) is 17.1 Å². The van der Waals surface area contributed by atoms with E-state index in [0.29, 0.717) is 30.1 Å². The molecule has 0 unspecified atom stereocenters. The highest BCUT2D eigenvalue weighted by Crippen LogP contribution is 2.30. The van der Waals surface area contributed by atoms with Gasteiger partial charge in [-0.25, -0.2) is 0 Å². The predicted octanol–water partition coefficient (Wildman–Crippen LogP) is 3.03. The van der Waals surface area contributed by atoms with Crippen LogP contribution >= 0.6 is 0 Å². The second-order valence-corrected chi connectivity index (χ2v) is 6.65. The summed E-state index contributed by atoms with van der Waals surface area (Å²) in [7, 11) is 1.58. The molecule has 0 spiro atoms. The molecule has 29 heavy (non-hydrogen) atoms. The molecule has 1 aliphatic rings. The number of fused-ring (bicyclic) bond motifs is 1. The molecule has 0 saturated heterocycles. The van der Waals surface area contributed by atoms with Crippen LogP contribution in [0.4, 0.5) is 11.6 Å². The van der Waals surface area contributed by atoms with Gasteiger partial charge in [-0.2, -0.15) is 4.98 Å². The van der Waals surface area contributed by atoms with Crippen LogP contribution in [0.1, 0.15) is 29.3 Å². The summed E-state index contributed by atoms with van der Waals surface area (Å²) in [6.07, 6.45) is 1.20. The van der Waals surface area contributed by atoms with Crippen molar-refractivity contribution in [3.63, 3.8) is 0 Å². The lowest BCUT2D eigenvalue weighted by Crippen LogP contribution is -2.27. The van der Waals surface area contributed by atoms with Gasteiger partial charge in [0.2, 0.25) is 11.9 Å². The first-order valence-electron chi connectivity index (χ1n) is 9.41. The number of nitrogens with one attached hydrogen (secondary N) is 2. The second-order valence-electron chi connectivity index (χ2n) is 6.65. The van der Waals surface area contributed by atoms with Crippen LogP contribution in [-0.2, 0) is 11.2 Å². The highest BCUT2D eigenvalue weighted by molar-refractivity contribution is 6.04. The molecule has 0 atom stereocenters. The Balaban J connectivity index is 1.51. The molecule has 148 valence electrons. The van der Waals surface area contributed by atoms with Gasteiger partial charge in [0.15, 0.2) is 5.82 Å². The molecule has 1 aromatic heterocycles. The van der Waals surface area contributed by atoms with Crippen LogP contribution in [-0.4, -0.2) is 40.7 Å². The van der Waals surface area contributed by atoms with E-state index in [9.17, 15) is 9.59 Å². The standard InChI is InChI=1S/C21H21N5O3/c1-3-18(27)26-11-10-13-12-14(8-9-16(13)26)20(28)23-21-22-19(24-25-21)15-6-4-5-7-17(15)29-2/h4-9,12H,3,10-11H2,1-2H3,(H2,22,23,24,25,28). The third kappa shape index (κ3) is 3.56. The molecule has 2 heterocycles. The van der Waals surface area contributed by atoms with Crippen molar-refractivity contribution in [1.29, 1.82) is 0 Å². The summed E-state index contributed by atoms with van der Waals surface area (Å²) in [6.45, 7) is 2.49. The van der Waals surface area contributed by atoms with E-state index in [1.54, 1.807) is 18.1 Å². The Kier molecular flexibility index (Phi) is 4.99. The fourth-order valence-corrected chi connectivity index (χ4v) is 3.45. The molecule has 1 aliphatic heterocycles. The first-order chi connectivity index (χ1) is 14.1. The van der Waals surface area contributed by atoms with E-state index in [0.717, 1.165) is 23.2 Å². The Labute approximate surface area is 167 Å². The van der Waals surface area contributed by atoms with Crippen molar-refractivity contribution >= 4 is 23.5 Å². The summed E-state index contributed by atoms with van der Waals surface area (Å²) in [5.41, 5.74) is 3.12. The summed E-state index contributed by atoms with van der Waals surface area (Å²) in [5.74, 6) is 1.12. The molecular formula is C21H21N5O3. The number of aromatic nitrogens is 3. The topological polar surface area (TPSA) is 100 Å². The second kappa shape index (κ2) is 7.75. The molecule has 0 bridgehead atoms. The molecule has 0 saturated carbocycles. The number of benzene rings is 2. The largest absolute Gasteiger partial charge is 0.496 e. The summed E-state index contributed by atoms with van der Waals surface area (Å²) < 4.78 is 5.33. The van der Waals surface area contributed by atoms with Crippen LogP contribution in [0.3, 0.4) is 0 Å². The molecule has 2 aromatic carbocycles. The van der Waals surface area contributed by atoms with E-state index in [2.05, 4.69) is 20.5 Å². The zero-order valence-corrected chi connectivity index (χ0v) is 16.2. The summed E-state index contributed by atoms with van der Waals surface area (Å²) >= 11 is 0. The number of rotatable bonds is 5. The van der Waals surface area contributed by atoms with E-state index in [-0.39, 0.29) is 17.8 Å². The maximum atomic E-state index is 12.6. The van der Waals surface area contributed by atoms with E-state index in [1.165, 1.54) is 0 Å². The SMILES string of the molecule is CCC(=O)N1CCc2cc(C(=O)Nc3n[nH]c(-c4ccccc4OC)n3)ccc21. The van der Waals surface area contributed by atoms with Crippen LogP contribution < -0.4 is 15.0 Å². The van der Waals surface area contributed by atoms with Gasteiger partial charge in [0.05, 0.1) is 12.7 Å². The number of carbonyl (C=O) groups excluding carboxylic acids is 2. The first kappa shape index (κ1) is 18.7. The van der Waals surface area contributed by atoms with Gasteiger partial charge >= 0.3 is 0 Å². The van der Waals surface area contributed by atoms with Crippen molar-refractivity contribution in [3.05, 3.63) is 53.6 Å². The fraction of sp³-hybridized carbons (Fsp3) is 0.238. The summed E-state index contributed by atoms with van der Waals surface area (Å²) in [4.78, 5) is 30.8. The fourth-order valence-electron chi connectivity index (χ4n) is 3.45. The van der Waals surface area contributed by atoms with E-state index in [1.807, 2.05) is 43.3 Å². The molecular weight excluding hydrogens is 370 g/mol. The zero-order valence-electron chi connectivity index (χ0n) is 16.2. The Morgan fingerprint density at radius 2 is 2.07 bits per heavy atom. The van der Waals surface area contributed by atoms with Crippen molar-refractivity contribution in [1.82, 2.24) is 15.2 Å². The monoisotopic (exact) mass is 391 g/mol. The molecule has 3 aromatic rings. The summed E-state index contributed by atoms with van der Waals surface area (Å²) in [5, 5.41) is 9.60. The van der Waals surface area contributed by atoms with Crippen molar-refractivity contribution in [2.24, 2.45) is 0 Å². The molecule has 4 rings (SSSR count). The number of aromatic amines is 1. The van der Waals surface area contributed by atoms with Crippen molar-refractivity contribution in [2.75, 3.05) is 23.9 Å². The number of para-hydroxylation sites is 1. The minimum Gasteiger partial charge on any atom is -0.496 e. The van der Waals surface area contributed by atoms with E-state index >= 15 is 0 Å². The maximum absolute atomic E-state index is 12.6. The van der Waals surface area contributed by atoms with Crippen molar-refractivity contribution in [2.45, 2.75) is 19.8 Å². The Morgan fingerprint density at radius 3 is 2.86 bits per heavy atom. The lowest BCUT2D eigenvalue weighted by molar-refractivity contribution is -0.118. The third-order valence-electron chi connectivity index (χ3n) is 4.91. The van der Waals surface area contributed by atoms with Gasteiger partial charge < -0.3 is 9.64 Å². The molecule has 8 heteroatoms. The Morgan fingerprint density at radius 1 is 1.24 bits per heavy atom. The van der Waals surface area contributed by atoms with Gasteiger partial charge in [-0.15, -0.1) is 5.10 Å². The minimum absolute atomic E-state index is 0.0885. The molecule has 0 fully saturated rings. The number of anilines is 2. The van der Waals surface area contributed by atoms with Gasteiger partial charge in [0.25, 0.3) is 5.91 Å². The number of H-pyrrole nitrogens is 1. The third-order valence-corrected chi connectivity index (χ3v) is 4.91. The van der Waals surface area contributed by atoms with Crippen LogP contribution in [0.25, 0.3) is 11.4 Å². The lowest BCUT2D eigenvalue weighted by Gasteiger charge is -2.16. The normalized spacial score (nSPS) is 12.6. The van der Waals surface area contributed by atoms with Crippen molar-refractivity contribution < 1.29 is 14.3 Å².